The number of hydrogen-bond donors (Lipinski definition) is 1. The molecule has 0 spiro atoms. The Morgan fingerprint density at radius 3 is 2.79 bits per heavy atom. The second-order valence-electron chi connectivity index (χ2n) is 4.18. The summed E-state index contributed by atoms with van der Waals surface area (Å²) in [5, 5.41) is 3.27. The molecule has 0 saturated carbocycles. The van der Waals surface area contributed by atoms with Crippen LogP contribution in [-0.2, 0) is 0 Å². The van der Waals surface area contributed by atoms with Crippen molar-refractivity contribution in [2.24, 2.45) is 0 Å². The minimum Gasteiger partial charge on any atom is -0.351 e. The van der Waals surface area contributed by atoms with E-state index in [1.54, 1.807) is 12.1 Å². The number of nitrogens with zero attached hydrogens (tertiary/aromatic N) is 2. The standard InChI is InChI=1S/C12H15Cl2N3OS/c13-10-2-1-9(11(14)16-10)12(18)15-3-4-17-5-7-19-8-6-17/h1-2H,3-8H2,(H,15,18). The lowest BCUT2D eigenvalue weighted by atomic mass is 10.2. The van der Waals surface area contributed by atoms with Gasteiger partial charge in [-0.3, -0.25) is 9.69 Å². The lowest BCUT2D eigenvalue weighted by Crippen LogP contribution is -2.39. The van der Waals surface area contributed by atoms with Gasteiger partial charge >= 0.3 is 0 Å². The van der Waals surface area contributed by atoms with Crippen molar-refractivity contribution in [1.29, 1.82) is 0 Å². The first-order valence-electron chi connectivity index (χ1n) is 6.07. The topological polar surface area (TPSA) is 45.2 Å². The van der Waals surface area contributed by atoms with E-state index in [0.29, 0.717) is 12.1 Å². The van der Waals surface area contributed by atoms with E-state index >= 15 is 0 Å². The van der Waals surface area contributed by atoms with Gasteiger partial charge in [0, 0.05) is 37.7 Å². The Morgan fingerprint density at radius 2 is 2.11 bits per heavy atom. The van der Waals surface area contributed by atoms with Gasteiger partial charge in [0.2, 0.25) is 0 Å². The first-order valence-corrected chi connectivity index (χ1v) is 7.98. The van der Waals surface area contributed by atoms with E-state index in [-0.39, 0.29) is 16.2 Å². The van der Waals surface area contributed by atoms with Gasteiger partial charge in [0.05, 0.1) is 5.56 Å². The largest absolute Gasteiger partial charge is 0.351 e. The summed E-state index contributed by atoms with van der Waals surface area (Å²) in [7, 11) is 0. The van der Waals surface area contributed by atoms with Gasteiger partial charge in [-0.25, -0.2) is 4.98 Å². The van der Waals surface area contributed by atoms with Crippen LogP contribution in [0.25, 0.3) is 0 Å². The van der Waals surface area contributed by atoms with E-state index in [1.165, 1.54) is 11.5 Å². The third-order valence-electron chi connectivity index (χ3n) is 2.88. The lowest BCUT2D eigenvalue weighted by molar-refractivity contribution is 0.0948. The summed E-state index contributed by atoms with van der Waals surface area (Å²) in [6.45, 7) is 3.65. The molecule has 19 heavy (non-hydrogen) atoms. The highest BCUT2D eigenvalue weighted by Gasteiger charge is 2.13. The van der Waals surface area contributed by atoms with Crippen molar-refractivity contribution in [3.8, 4) is 0 Å². The van der Waals surface area contributed by atoms with Gasteiger partial charge in [-0.1, -0.05) is 23.2 Å². The van der Waals surface area contributed by atoms with E-state index in [9.17, 15) is 4.79 Å². The van der Waals surface area contributed by atoms with Gasteiger partial charge in [-0.05, 0) is 12.1 Å². The minimum absolute atomic E-state index is 0.138. The number of amides is 1. The average Bonchev–Trinajstić information content (AvgIpc) is 2.39. The summed E-state index contributed by atoms with van der Waals surface area (Å²) < 4.78 is 0. The smallest absolute Gasteiger partial charge is 0.254 e. The Bertz CT molecular complexity index is 453. The molecule has 0 bridgehead atoms. The van der Waals surface area contributed by atoms with E-state index in [1.807, 2.05) is 11.8 Å². The third kappa shape index (κ3) is 4.53. The Morgan fingerprint density at radius 1 is 1.37 bits per heavy atom. The van der Waals surface area contributed by atoms with Crippen LogP contribution in [0.1, 0.15) is 10.4 Å². The van der Waals surface area contributed by atoms with Crippen LogP contribution in [0.15, 0.2) is 12.1 Å². The van der Waals surface area contributed by atoms with Crippen LogP contribution in [-0.4, -0.2) is 53.5 Å². The van der Waals surface area contributed by atoms with Crippen LogP contribution in [0, 0.1) is 0 Å². The van der Waals surface area contributed by atoms with Crippen LogP contribution in [0.4, 0.5) is 0 Å². The monoisotopic (exact) mass is 319 g/mol. The summed E-state index contributed by atoms with van der Waals surface area (Å²) in [6, 6.07) is 3.15. The Labute approximate surface area is 126 Å². The number of thioether (sulfide) groups is 1. The molecule has 4 nitrogen and oxygen atoms in total. The molecule has 1 aliphatic rings. The number of halogens is 2. The molecular formula is C12H15Cl2N3OS. The zero-order valence-corrected chi connectivity index (χ0v) is 12.7. The second kappa shape index (κ2) is 7.33. The normalized spacial score (nSPS) is 16.3. The van der Waals surface area contributed by atoms with Crippen molar-refractivity contribution in [2.75, 3.05) is 37.7 Å². The zero-order valence-electron chi connectivity index (χ0n) is 10.4. The predicted octanol–water partition coefficient (Wildman–Crippen LogP) is 2.17. The molecule has 1 fully saturated rings. The molecule has 1 saturated heterocycles. The number of rotatable bonds is 4. The highest BCUT2D eigenvalue weighted by Crippen LogP contribution is 2.16. The molecule has 1 aliphatic heterocycles. The molecule has 0 atom stereocenters. The SMILES string of the molecule is O=C(NCCN1CCSCC1)c1ccc(Cl)nc1Cl. The van der Waals surface area contributed by atoms with Gasteiger partial charge in [-0.15, -0.1) is 0 Å². The number of carbonyl (C=O) groups is 1. The number of pyridine rings is 1. The van der Waals surface area contributed by atoms with Crippen LogP contribution >= 0.6 is 35.0 Å². The molecule has 2 rings (SSSR count). The number of nitrogens with one attached hydrogen (secondary N) is 1. The van der Waals surface area contributed by atoms with Crippen molar-refractivity contribution in [3.05, 3.63) is 28.0 Å². The Hall–Kier alpha value is -0.490. The molecule has 1 aromatic heterocycles. The molecule has 1 amide bonds. The van der Waals surface area contributed by atoms with Crippen LogP contribution in [0.3, 0.4) is 0 Å². The lowest BCUT2D eigenvalue weighted by Gasteiger charge is -2.26. The predicted molar refractivity (Wildman–Crippen MR) is 80.4 cm³/mol. The van der Waals surface area contributed by atoms with Crippen LogP contribution < -0.4 is 5.32 Å². The summed E-state index contributed by atoms with van der Waals surface area (Å²) in [6.07, 6.45) is 0. The van der Waals surface area contributed by atoms with Crippen molar-refractivity contribution < 1.29 is 4.79 Å². The maximum atomic E-state index is 11.9. The summed E-state index contributed by atoms with van der Waals surface area (Å²) >= 11 is 13.5. The molecule has 0 aliphatic carbocycles. The molecule has 104 valence electrons. The van der Waals surface area contributed by atoms with Gasteiger partial charge in [-0.2, -0.15) is 11.8 Å². The molecule has 1 aromatic rings. The first kappa shape index (κ1) is 14.9. The van der Waals surface area contributed by atoms with Crippen molar-refractivity contribution in [1.82, 2.24) is 15.2 Å². The average molecular weight is 320 g/mol. The molecule has 0 aromatic carbocycles. The number of aromatic nitrogens is 1. The summed E-state index contributed by atoms with van der Waals surface area (Å²) in [5.41, 5.74) is 0.361. The fourth-order valence-corrected chi connectivity index (χ4v) is 3.24. The Balaban J connectivity index is 1.80. The molecule has 7 heteroatoms. The highest BCUT2D eigenvalue weighted by atomic mass is 35.5. The number of hydrogen-bond acceptors (Lipinski definition) is 4. The van der Waals surface area contributed by atoms with Gasteiger partial charge in [0.15, 0.2) is 0 Å². The third-order valence-corrected chi connectivity index (χ3v) is 4.32. The summed E-state index contributed by atoms with van der Waals surface area (Å²) in [5.74, 6) is 2.13. The molecular weight excluding hydrogens is 305 g/mol. The first-order chi connectivity index (χ1) is 9.16. The van der Waals surface area contributed by atoms with E-state index < -0.39 is 0 Å². The quantitative estimate of drug-likeness (QED) is 0.864. The van der Waals surface area contributed by atoms with E-state index in [0.717, 1.165) is 19.6 Å². The van der Waals surface area contributed by atoms with Crippen LogP contribution in [0.5, 0.6) is 0 Å². The maximum absolute atomic E-state index is 11.9. The summed E-state index contributed by atoms with van der Waals surface area (Å²) in [4.78, 5) is 18.1. The molecule has 0 unspecified atom stereocenters. The fraction of sp³-hybridized carbons (Fsp3) is 0.500. The highest BCUT2D eigenvalue weighted by molar-refractivity contribution is 7.99. The van der Waals surface area contributed by atoms with Crippen molar-refractivity contribution in [2.45, 2.75) is 0 Å². The second-order valence-corrected chi connectivity index (χ2v) is 6.15. The molecule has 0 radical (unpaired) electrons. The van der Waals surface area contributed by atoms with E-state index in [2.05, 4.69) is 15.2 Å². The van der Waals surface area contributed by atoms with Gasteiger partial charge in [0.1, 0.15) is 10.3 Å². The maximum Gasteiger partial charge on any atom is 0.254 e. The minimum atomic E-state index is -0.208. The van der Waals surface area contributed by atoms with Crippen molar-refractivity contribution in [3.63, 3.8) is 0 Å². The number of carbonyl (C=O) groups excluding carboxylic acids is 1. The zero-order chi connectivity index (χ0) is 13.7. The Kier molecular flexibility index (Phi) is 5.76. The molecule has 1 N–H and O–H groups in total. The van der Waals surface area contributed by atoms with Crippen molar-refractivity contribution >= 4 is 40.9 Å². The van der Waals surface area contributed by atoms with Crippen LogP contribution in [0.2, 0.25) is 10.3 Å². The van der Waals surface area contributed by atoms with Gasteiger partial charge in [0.25, 0.3) is 5.91 Å². The van der Waals surface area contributed by atoms with E-state index in [4.69, 9.17) is 23.2 Å². The van der Waals surface area contributed by atoms with Gasteiger partial charge < -0.3 is 5.32 Å². The molecule has 2 heterocycles. The fourth-order valence-electron chi connectivity index (χ4n) is 1.83.